The minimum absolute atomic E-state index is 0.289. The van der Waals surface area contributed by atoms with Gasteiger partial charge in [-0.1, -0.05) is 26.3 Å². The summed E-state index contributed by atoms with van der Waals surface area (Å²) in [6.45, 7) is 9.41. The summed E-state index contributed by atoms with van der Waals surface area (Å²) in [5, 5.41) is 0. The van der Waals surface area contributed by atoms with Gasteiger partial charge in [0, 0.05) is 5.92 Å². The fourth-order valence-corrected chi connectivity index (χ4v) is 1.78. The second-order valence-electron chi connectivity index (χ2n) is 3.05. The van der Waals surface area contributed by atoms with Gasteiger partial charge in [-0.15, -0.1) is 6.58 Å². The van der Waals surface area contributed by atoms with Crippen LogP contribution in [0.25, 0.3) is 0 Å². The molecule has 0 aromatic carbocycles. The van der Waals surface area contributed by atoms with Crippen LogP contribution in [-0.4, -0.2) is 5.78 Å². The zero-order valence-corrected chi connectivity index (χ0v) is 8.47. The summed E-state index contributed by atoms with van der Waals surface area (Å²) in [6.07, 6.45) is 5.36. The van der Waals surface area contributed by atoms with Crippen molar-refractivity contribution in [2.24, 2.45) is 11.8 Å². The van der Waals surface area contributed by atoms with Crippen LogP contribution in [0.1, 0.15) is 40.0 Å². The summed E-state index contributed by atoms with van der Waals surface area (Å²) < 4.78 is 0. The zero-order chi connectivity index (χ0) is 9.56. The van der Waals surface area contributed by atoms with Crippen molar-refractivity contribution >= 4 is 5.78 Å². The summed E-state index contributed by atoms with van der Waals surface area (Å²) in [7, 11) is 0. The Bertz CT molecular complexity index is 149. The first-order valence-corrected chi connectivity index (χ1v) is 4.88. The van der Waals surface area contributed by atoms with E-state index in [9.17, 15) is 4.79 Å². The van der Waals surface area contributed by atoms with Gasteiger partial charge in [0.2, 0.25) is 0 Å². The number of ketones is 1. The van der Waals surface area contributed by atoms with E-state index in [1.165, 1.54) is 6.42 Å². The van der Waals surface area contributed by atoms with Crippen LogP contribution in [0.5, 0.6) is 0 Å². The van der Waals surface area contributed by atoms with Gasteiger partial charge < -0.3 is 0 Å². The Labute approximate surface area is 75.9 Å². The van der Waals surface area contributed by atoms with E-state index >= 15 is 0 Å². The van der Waals surface area contributed by atoms with E-state index in [0.717, 1.165) is 12.8 Å². The molecule has 1 aliphatic rings. The van der Waals surface area contributed by atoms with Gasteiger partial charge in [0.05, 0.1) is 0 Å². The molecule has 0 bridgehead atoms. The van der Waals surface area contributed by atoms with E-state index in [-0.39, 0.29) is 5.92 Å². The van der Waals surface area contributed by atoms with E-state index in [4.69, 9.17) is 0 Å². The van der Waals surface area contributed by atoms with Crippen LogP contribution in [-0.2, 0) is 4.79 Å². The number of rotatable bonds is 2. The maximum absolute atomic E-state index is 11.0. The highest BCUT2D eigenvalue weighted by atomic mass is 16.1. The predicted octanol–water partition coefficient (Wildman–Crippen LogP) is 3.20. The summed E-state index contributed by atoms with van der Waals surface area (Å²) in [4.78, 5) is 11.0. The first kappa shape index (κ1) is 11.4. The molecule has 1 fully saturated rings. The Morgan fingerprint density at radius 1 is 1.42 bits per heavy atom. The molecule has 1 heteroatoms. The van der Waals surface area contributed by atoms with Crippen molar-refractivity contribution in [1.29, 1.82) is 0 Å². The topological polar surface area (TPSA) is 17.1 Å². The minimum atomic E-state index is 0.289. The fourth-order valence-electron chi connectivity index (χ4n) is 1.78. The van der Waals surface area contributed by atoms with Crippen LogP contribution in [0.4, 0.5) is 0 Å². The number of hydrogen-bond donors (Lipinski definition) is 0. The Balaban J connectivity index is 0.000000561. The average molecular weight is 168 g/mol. The smallest absolute Gasteiger partial charge is 0.133 e. The lowest BCUT2D eigenvalue weighted by molar-refractivity contribution is -0.121. The van der Waals surface area contributed by atoms with Gasteiger partial charge in [0.15, 0.2) is 0 Å². The van der Waals surface area contributed by atoms with Gasteiger partial charge in [-0.25, -0.2) is 0 Å². The van der Waals surface area contributed by atoms with E-state index < -0.39 is 0 Å². The van der Waals surface area contributed by atoms with Crippen LogP contribution in [0, 0.1) is 11.8 Å². The Morgan fingerprint density at radius 2 is 2.00 bits per heavy atom. The Morgan fingerprint density at radius 3 is 2.33 bits per heavy atom. The average Bonchev–Trinajstić information content (AvgIpc) is 2.55. The highest BCUT2D eigenvalue weighted by Gasteiger charge is 2.27. The molecule has 1 nitrogen and oxygen atoms in total. The van der Waals surface area contributed by atoms with Gasteiger partial charge in [-0.2, -0.15) is 0 Å². The molecule has 70 valence electrons. The zero-order valence-electron chi connectivity index (χ0n) is 8.47. The maximum atomic E-state index is 11.0. The van der Waals surface area contributed by atoms with Crippen LogP contribution in [0.3, 0.4) is 0 Å². The van der Waals surface area contributed by atoms with E-state index in [1.54, 1.807) is 6.92 Å². The molecule has 0 amide bonds. The second kappa shape index (κ2) is 5.99. The summed E-state index contributed by atoms with van der Waals surface area (Å²) in [5.74, 6) is 1.09. The van der Waals surface area contributed by atoms with Crippen molar-refractivity contribution in [3.8, 4) is 0 Å². The molecular weight excluding hydrogens is 148 g/mol. The molecule has 0 saturated heterocycles. The molecule has 0 aromatic rings. The van der Waals surface area contributed by atoms with E-state index in [0.29, 0.717) is 11.7 Å². The SMILES string of the molecule is C=CC1CCCC1C(C)=O.CC. The normalized spacial score (nSPS) is 27.2. The van der Waals surface area contributed by atoms with Crippen molar-refractivity contribution in [3.63, 3.8) is 0 Å². The van der Waals surface area contributed by atoms with Crippen LogP contribution < -0.4 is 0 Å². The molecule has 2 unspecified atom stereocenters. The number of Topliss-reactive ketones (excluding diaryl/α,β-unsaturated/α-hetero) is 1. The monoisotopic (exact) mass is 168 g/mol. The maximum Gasteiger partial charge on any atom is 0.133 e. The van der Waals surface area contributed by atoms with Gasteiger partial charge in [-0.3, -0.25) is 4.79 Å². The molecule has 12 heavy (non-hydrogen) atoms. The third-order valence-electron chi connectivity index (χ3n) is 2.39. The number of hydrogen-bond acceptors (Lipinski definition) is 1. The number of carbonyl (C=O) groups excluding carboxylic acids is 1. The molecule has 0 spiro atoms. The lowest BCUT2D eigenvalue weighted by Crippen LogP contribution is -2.13. The van der Waals surface area contributed by atoms with Gasteiger partial charge in [0.1, 0.15) is 5.78 Å². The molecular formula is C11H20O. The van der Waals surface area contributed by atoms with Crippen molar-refractivity contribution < 1.29 is 4.79 Å². The molecule has 1 rings (SSSR count). The van der Waals surface area contributed by atoms with Crippen LogP contribution >= 0.6 is 0 Å². The fraction of sp³-hybridized carbons (Fsp3) is 0.727. The van der Waals surface area contributed by atoms with Crippen LogP contribution in [0.15, 0.2) is 12.7 Å². The molecule has 0 aromatic heterocycles. The lowest BCUT2D eigenvalue weighted by Gasteiger charge is -2.10. The molecule has 1 saturated carbocycles. The third-order valence-corrected chi connectivity index (χ3v) is 2.39. The highest BCUT2D eigenvalue weighted by Crippen LogP contribution is 2.32. The molecule has 0 heterocycles. The lowest BCUT2D eigenvalue weighted by atomic mass is 9.93. The number of allylic oxidation sites excluding steroid dienone is 1. The van der Waals surface area contributed by atoms with Crippen molar-refractivity contribution in [2.45, 2.75) is 40.0 Å². The third kappa shape index (κ3) is 2.80. The Hall–Kier alpha value is -0.590. The predicted molar refractivity (Wildman–Crippen MR) is 53.1 cm³/mol. The first-order chi connectivity index (χ1) is 5.75. The van der Waals surface area contributed by atoms with Crippen molar-refractivity contribution in [3.05, 3.63) is 12.7 Å². The molecule has 0 aliphatic heterocycles. The molecule has 0 radical (unpaired) electrons. The molecule has 2 atom stereocenters. The van der Waals surface area contributed by atoms with Gasteiger partial charge in [-0.05, 0) is 25.7 Å². The molecule has 0 N–H and O–H groups in total. The molecule has 1 aliphatic carbocycles. The highest BCUT2D eigenvalue weighted by molar-refractivity contribution is 5.79. The van der Waals surface area contributed by atoms with Crippen molar-refractivity contribution in [1.82, 2.24) is 0 Å². The van der Waals surface area contributed by atoms with Gasteiger partial charge in [0.25, 0.3) is 0 Å². The second-order valence-corrected chi connectivity index (χ2v) is 3.05. The van der Waals surface area contributed by atoms with Crippen LogP contribution in [0.2, 0.25) is 0 Å². The van der Waals surface area contributed by atoms with E-state index in [2.05, 4.69) is 6.58 Å². The summed E-state index contributed by atoms with van der Waals surface area (Å²) >= 11 is 0. The first-order valence-electron chi connectivity index (χ1n) is 4.88. The summed E-state index contributed by atoms with van der Waals surface area (Å²) in [6, 6.07) is 0. The quantitative estimate of drug-likeness (QED) is 0.579. The summed E-state index contributed by atoms with van der Waals surface area (Å²) in [5.41, 5.74) is 0. The van der Waals surface area contributed by atoms with Gasteiger partial charge >= 0.3 is 0 Å². The van der Waals surface area contributed by atoms with Crippen molar-refractivity contribution in [2.75, 3.05) is 0 Å². The Kier molecular flexibility index (Phi) is 5.69. The minimum Gasteiger partial charge on any atom is -0.300 e. The van der Waals surface area contributed by atoms with E-state index in [1.807, 2.05) is 19.9 Å². The number of carbonyl (C=O) groups is 1. The largest absolute Gasteiger partial charge is 0.300 e. The standard InChI is InChI=1S/C9H14O.C2H6/c1-3-8-5-4-6-9(8)7(2)10;1-2/h3,8-9H,1,4-6H2,2H3;1-2H3.